The molecule has 1 N–H and O–H groups in total. The van der Waals surface area contributed by atoms with E-state index in [0.717, 1.165) is 29.8 Å². The molecule has 152 valence electrons. The minimum absolute atomic E-state index is 0.198. The van der Waals surface area contributed by atoms with Gasteiger partial charge in [-0.3, -0.25) is 14.7 Å². The Bertz CT molecular complexity index is 1240. The van der Waals surface area contributed by atoms with E-state index in [1.807, 2.05) is 42.5 Å². The molecule has 1 amide bonds. The van der Waals surface area contributed by atoms with E-state index in [0.29, 0.717) is 23.0 Å². The van der Waals surface area contributed by atoms with E-state index in [-0.39, 0.29) is 11.5 Å². The van der Waals surface area contributed by atoms with Crippen LogP contribution in [0.2, 0.25) is 0 Å². The van der Waals surface area contributed by atoms with Crippen LogP contribution in [0.25, 0.3) is 22.0 Å². The summed E-state index contributed by atoms with van der Waals surface area (Å²) in [5, 5.41) is 12.7. The molecule has 0 saturated heterocycles. The van der Waals surface area contributed by atoms with Gasteiger partial charge in [0.1, 0.15) is 0 Å². The second kappa shape index (κ2) is 8.32. The summed E-state index contributed by atoms with van der Waals surface area (Å²) in [6, 6.07) is 19.1. The number of nitrogens with zero attached hydrogens (tertiary/aromatic N) is 4. The molecule has 0 radical (unpaired) electrons. The van der Waals surface area contributed by atoms with Crippen molar-refractivity contribution in [1.29, 1.82) is 0 Å². The van der Waals surface area contributed by atoms with Crippen molar-refractivity contribution in [3.63, 3.8) is 0 Å². The topological polar surface area (TPSA) is 83.9 Å². The van der Waals surface area contributed by atoms with E-state index in [2.05, 4.69) is 15.3 Å². The lowest BCUT2D eigenvalue weighted by Crippen LogP contribution is -2.32. The Kier molecular flexibility index (Phi) is 5.43. The molecule has 0 bridgehead atoms. The third kappa shape index (κ3) is 3.87. The van der Waals surface area contributed by atoms with Gasteiger partial charge >= 0.3 is 0 Å². The molecule has 7 heteroatoms. The summed E-state index contributed by atoms with van der Waals surface area (Å²) in [5.74, 6) is -0.198. The molecule has 2 aromatic carbocycles. The molecule has 0 unspecified atom stereocenters. The van der Waals surface area contributed by atoms with E-state index in [9.17, 15) is 9.59 Å². The van der Waals surface area contributed by atoms with E-state index < -0.39 is 0 Å². The molecule has 4 rings (SSSR count). The lowest BCUT2D eigenvalue weighted by Gasteiger charge is -2.17. The molecule has 0 atom stereocenters. The number of hydrogen-bond donors (Lipinski definition) is 1. The fourth-order valence-corrected chi connectivity index (χ4v) is 3.49. The predicted octanol–water partition coefficient (Wildman–Crippen LogP) is 3.03. The van der Waals surface area contributed by atoms with Crippen molar-refractivity contribution in [3.8, 4) is 11.3 Å². The third-order valence-electron chi connectivity index (χ3n) is 5.15. The van der Waals surface area contributed by atoms with E-state index in [1.54, 1.807) is 37.2 Å². The number of aryl methyl sites for hydroxylation is 2. The van der Waals surface area contributed by atoms with Crippen molar-refractivity contribution < 1.29 is 4.79 Å². The minimum atomic E-state index is -0.210. The first-order valence-corrected chi connectivity index (χ1v) is 9.86. The van der Waals surface area contributed by atoms with Crippen molar-refractivity contribution in [1.82, 2.24) is 24.9 Å². The number of hydrogen-bond acceptors (Lipinski definition) is 4. The molecule has 4 aromatic rings. The largest absolute Gasteiger partial charge is 0.340 e. The highest BCUT2D eigenvalue weighted by Gasteiger charge is 2.19. The van der Waals surface area contributed by atoms with Crippen LogP contribution in [0.4, 0.5) is 0 Å². The number of fused-ring (bicyclic) bond motifs is 1. The highest BCUT2D eigenvalue weighted by molar-refractivity contribution is 6.04. The van der Waals surface area contributed by atoms with Crippen molar-refractivity contribution in [2.45, 2.75) is 12.8 Å². The molecular weight excluding hydrogens is 378 g/mol. The first kappa shape index (κ1) is 19.6. The van der Waals surface area contributed by atoms with Crippen LogP contribution in [0.15, 0.2) is 65.5 Å². The molecule has 0 aliphatic carbocycles. The van der Waals surface area contributed by atoms with Gasteiger partial charge in [-0.25, -0.2) is 4.68 Å². The van der Waals surface area contributed by atoms with Crippen LogP contribution in [0.3, 0.4) is 0 Å². The number of nitrogens with one attached hydrogen (secondary N) is 1. The standard InChI is InChI=1S/C23H23N5O2/c1-27(14-8-11-17-15-20(25-24-17)16-9-4-3-5-10-16)23(30)21-18-12-6-7-13-19(18)22(29)28(2)26-21/h3-7,9-10,12-13,15H,8,11,14H2,1-2H3,(H,24,25). The average Bonchev–Trinajstić information content (AvgIpc) is 3.25. The summed E-state index contributed by atoms with van der Waals surface area (Å²) in [7, 11) is 3.32. The average molecular weight is 401 g/mol. The van der Waals surface area contributed by atoms with Gasteiger partial charge in [0.25, 0.3) is 11.5 Å². The Morgan fingerprint density at radius 1 is 1.07 bits per heavy atom. The molecule has 0 saturated carbocycles. The van der Waals surface area contributed by atoms with Crippen LogP contribution >= 0.6 is 0 Å². The summed E-state index contributed by atoms with van der Waals surface area (Å²) >= 11 is 0. The highest BCUT2D eigenvalue weighted by atomic mass is 16.2. The monoisotopic (exact) mass is 401 g/mol. The Labute approximate surface area is 174 Å². The summed E-state index contributed by atoms with van der Waals surface area (Å²) < 4.78 is 1.22. The van der Waals surface area contributed by atoms with Crippen LogP contribution in [-0.4, -0.2) is 44.4 Å². The zero-order chi connectivity index (χ0) is 21.1. The molecule has 7 nitrogen and oxygen atoms in total. The van der Waals surface area contributed by atoms with Crippen LogP contribution in [0, 0.1) is 0 Å². The van der Waals surface area contributed by atoms with Crippen molar-refractivity contribution in [2.24, 2.45) is 7.05 Å². The van der Waals surface area contributed by atoms with Crippen LogP contribution in [-0.2, 0) is 13.5 Å². The second-order valence-corrected chi connectivity index (χ2v) is 7.30. The summed E-state index contributed by atoms with van der Waals surface area (Å²) in [6.07, 6.45) is 1.56. The molecule has 30 heavy (non-hydrogen) atoms. The van der Waals surface area contributed by atoms with Crippen molar-refractivity contribution in [2.75, 3.05) is 13.6 Å². The number of benzene rings is 2. The van der Waals surface area contributed by atoms with Crippen LogP contribution in [0.1, 0.15) is 22.6 Å². The van der Waals surface area contributed by atoms with Gasteiger partial charge in [0.2, 0.25) is 0 Å². The minimum Gasteiger partial charge on any atom is -0.340 e. The number of aromatic nitrogens is 4. The normalized spacial score (nSPS) is 11.0. The van der Waals surface area contributed by atoms with E-state index >= 15 is 0 Å². The van der Waals surface area contributed by atoms with Gasteiger partial charge in [-0.05, 0) is 25.0 Å². The molecule has 2 heterocycles. The summed E-state index contributed by atoms with van der Waals surface area (Å²) in [5.41, 5.74) is 3.09. The lowest BCUT2D eigenvalue weighted by molar-refractivity contribution is 0.0787. The van der Waals surface area contributed by atoms with Gasteiger partial charge in [-0.2, -0.15) is 10.2 Å². The Balaban J connectivity index is 1.43. The smallest absolute Gasteiger partial charge is 0.274 e. The number of carbonyl (C=O) groups excluding carboxylic acids is 1. The first-order valence-electron chi connectivity index (χ1n) is 9.86. The van der Waals surface area contributed by atoms with Gasteiger partial charge in [0.05, 0.1) is 11.1 Å². The van der Waals surface area contributed by atoms with Crippen LogP contribution in [0.5, 0.6) is 0 Å². The van der Waals surface area contributed by atoms with Gasteiger partial charge in [-0.1, -0.05) is 48.5 Å². The maximum Gasteiger partial charge on any atom is 0.274 e. The van der Waals surface area contributed by atoms with Gasteiger partial charge in [0, 0.05) is 37.3 Å². The maximum absolute atomic E-state index is 13.0. The maximum atomic E-state index is 13.0. The SMILES string of the molecule is CN(CCCc1cc(-c2ccccc2)n[nH]1)C(=O)c1nn(C)c(=O)c2ccccc12. The number of carbonyl (C=O) groups is 1. The number of rotatable bonds is 6. The Hall–Kier alpha value is -3.74. The number of H-pyrrole nitrogens is 1. The highest BCUT2D eigenvalue weighted by Crippen LogP contribution is 2.18. The molecule has 0 fully saturated rings. The third-order valence-corrected chi connectivity index (χ3v) is 5.15. The number of aromatic amines is 1. The fourth-order valence-electron chi connectivity index (χ4n) is 3.49. The zero-order valence-electron chi connectivity index (χ0n) is 17.0. The lowest BCUT2D eigenvalue weighted by atomic mass is 10.1. The summed E-state index contributed by atoms with van der Waals surface area (Å²) in [6.45, 7) is 0.567. The number of amides is 1. The fraction of sp³-hybridized carbons (Fsp3) is 0.217. The van der Waals surface area contributed by atoms with Crippen molar-refractivity contribution >= 4 is 16.7 Å². The van der Waals surface area contributed by atoms with Crippen LogP contribution < -0.4 is 5.56 Å². The van der Waals surface area contributed by atoms with Crippen molar-refractivity contribution in [3.05, 3.63) is 82.4 Å². The van der Waals surface area contributed by atoms with Gasteiger partial charge in [0.15, 0.2) is 5.69 Å². The predicted molar refractivity (Wildman–Crippen MR) is 116 cm³/mol. The quantitative estimate of drug-likeness (QED) is 0.538. The zero-order valence-corrected chi connectivity index (χ0v) is 17.0. The first-order chi connectivity index (χ1) is 14.5. The Morgan fingerprint density at radius 2 is 1.77 bits per heavy atom. The van der Waals surface area contributed by atoms with Gasteiger partial charge in [-0.15, -0.1) is 0 Å². The molecular formula is C23H23N5O2. The Morgan fingerprint density at radius 3 is 2.53 bits per heavy atom. The molecule has 0 aliphatic heterocycles. The summed E-state index contributed by atoms with van der Waals surface area (Å²) in [4.78, 5) is 26.9. The molecule has 2 aromatic heterocycles. The van der Waals surface area contributed by atoms with Gasteiger partial charge < -0.3 is 4.90 Å². The van der Waals surface area contributed by atoms with E-state index in [1.165, 1.54) is 4.68 Å². The second-order valence-electron chi connectivity index (χ2n) is 7.30. The molecule has 0 spiro atoms. The van der Waals surface area contributed by atoms with E-state index in [4.69, 9.17) is 0 Å². The molecule has 0 aliphatic rings.